The van der Waals surface area contributed by atoms with Crippen LogP contribution in [0.3, 0.4) is 0 Å². The second-order valence-corrected chi connectivity index (χ2v) is 13.0. The van der Waals surface area contributed by atoms with Gasteiger partial charge in [0.25, 0.3) is 0 Å². The van der Waals surface area contributed by atoms with Gasteiger partial charge in [-0.25, -0.2) is 0 Å². The first-order chi connectivity index (χ1) is 25.2. The Hall–Kier alpha value is -6.64. The molecule has 0 atom stereocenters. The highest BCUT2D eigenvalue weighted by atomic mass is 15.0. The van der Waals surface area contributed by atoms with Gasteiger partial charge >= 0.3 is 0 Å². The first-order valence-electron chi connectivity index (χ1n) is 17.5. The van der Waals surface area contributed by atoms with Gasteiger partial charge in [-0.3, -0.25) is 0 Å². The van der Waals surface area contributed by atoms with Crippen LogP contribution in [-0.4, -0.2) is 9.13 Å². The third-order valence-electron chi connectivity index (χ3n) is 10.0. The van der Waals surface area contributed by atoms with Crippen molar-refractivity contribution in [1.82, 2.24) is 9.13 Å². The lowest BCUT2D eigenvalue weighted by Crippen LogP contribution is -1.98. The van der Waals surface area contributed by atoms with Crippen molar-refractivity contribution in [2.75, 3.05) is 0 Å². The summed E-state index contributed by atoms with van der Waals surface area (Å²) >= 11 is 0. The van der Waals surface area contributed by atoms with E-state index < -0.39 is 0 Å². The number of fused-ring (bicyclic) bond motifs is 5. The van der Waals surface area contributed by atoms with Gasteiger partial charge in [0.05, 0.1) is 22.2 Å². The molecule has 0 saturated carbocycles. The third-order valence-corrected chi connectivity index (χ3v) is 10.0. The van der Waals surface area contributed by atoms with Gasteiger partial charge in [-0.1, -0.05) is 146 Å². The molecule has 51 heavy (non-hydrogen) atoms. The summed E-state index contributed by atoms with van der Waals surface area (Å²) in [5.74, 6) is 0. The summed E-state index contributed by atoms with van der Waals surface area (Å²) in [7, 11) is 0. The molecule has 242 valence electrons. The van der Waals surface area contributed by atoms with Gasteiger partial charge in [0, 0.05) is 33.1 Å². The molecule has 0 unspecified atom stereocenters. The van der Waals surface area contributed by atoms with Gasteiger partial charge in [-0.2, -0.15) is 0 Å². The summed E-state index contributed by atoms with van der Waals surface area (Å²) in [6.07, 6.45) is 6.37. The number of nitrogens with zero attached hydrogens (tertiary/aromatic N) is 2. The van der Waals surface area contributed by atoms with Gasteiger partial charge in [-0.05, 0) is 88.8 Å². The van der Waals surface area contributed by atoms with Crippen LogP contribution < -0.4 is 0 Å². The Kier molecular flexibility index (Phi) is 7.56. The lowest BCUT2D eigenvalue weighted by molar-refractivity contribution is 1.10. The lowest BCUT2D eigenvalue weighted by Gasteiger charge is -2.12. The standard InChI is InChI=1S/C49H36N2/c1-3-14-44-42(4-2)48-46(51(44)41-20-13-19-39(33-41)38-25-23-36(24-26-38)34-15-7-5-8-16-34)31-32-47-49(48)43-21-11-12-22-45(43)50(47)40-29-27-37(28-30-40)35-17-9-6-10-18-35/h3-33H,2H2,1H3/b14-3-. The van der Waals surface area contributed by atoms with Crippen LogP contribution in [0.4, 0.5) is 0 Å². The minimum atomic E-state index is 1.12. The predicted octanol–water partition coefficient (Wildman–Crippen LogP) is 13.4. The van der Waals surface area contributed by atoms with E-state index in [2.05, 4.69) is 205 Å². The molecular weight excluding hydrogens is 617 g/mol. The van der Waals surface area contributed by atoms with Gasteiger partial charge in [0.15, 0.2) is 0 Å². The summed E-state index contributed by atoms with van der Waals surface area (Å²) in [6.45, 7) is 6.45. The van der Waals surface area contributed by atoms with Crippen LogP contribution in [-0.2, 0) is 0 Å². The van der Waals surface area contributed by atoms with Gasteiger partial charge in [0.2, 0.25) is 0 Å². The zero-order valence-corrected chi connectivity index (χ0v) is 28.5. The fourth-order valence-electron chi connectivity index (χ4n) is 7.72. The number of aromatic nitrogens is 2. The lowest BCUT2D eigenvalue weighted by atomic mass is 10.00. The minimum absolute atomic E-state index is 1.12. The topological polar surface area (TPSA) is 9.86 Å². The molecule has 0 aliphatic heterocycles. The van der Waals surface area contributed by atoms with Gasteiger partial charge in [-0.15, -0.1) is 0 Å². The number of allylic oxidation sites excluding steroid dienone is 1. The molecule has 2 heterocycles. The number of hydrogen-bond acceptors (Lipinski definition) is 0. The van der Waals surface area contributed by atoms with Crippen LogP contribution in [0.2, 0.25) is 0 Å². The van der Waals surface area contributed by atoms with Gasteiger partial charge in [0.1, 0.15) is 0 Å². The molecular formula is C49H36N2. The highest BCUT2D eigenvalue weighted by molar-refractivity contribution is 6.24. The molecule has 7 aromatic carbocycles. The quantitative estimate of drug-likeness (QED) is 0.162. The Bertz CT molecular complexity index is 2720. The molecule has 2 aromatic heterocycles. The Labute approximate surface area is 298 Å². The maximum Gasteiger partial charge on any atom is 0.0548 e. The van der Waals surface area contributed by atoms with E-state index in [1.54, 1.807) is 0 Å². The van der Waals surface area contributed by atoms with Crippen LogP contribution in [0.15, 0.2) is 183 Å². The molecule has 0 radical (unpaired) electrons. The molecule has 9 aromatic rings. The van der Waals surface area contributed by atoms with Crippen molar-refractivity contribution in [3.05, 3.63) is 194 Å². The summed E-state index contributed by atoms with van der Waals surface area (Å²) in [4.78, 5) is 0. The highest BCUT2D eigenvalue weighted by Crippen LogP contribution is 2.42. The van der Waals surface area contributed by atoms with E-state index >= 15 is 0 Å². The number of hydrogen-bond donors (Lipinski definition) is 0. The van der Waals surface area contributed by atoms with Crippen LogP contribution in [0, 0.1) is 0 Å². The Morgan fingerprint density at radius 2 is 0.961 bits per heavy atom. The van der Waals surface area contributed by atoms with Crippen molar-refractivity contribution in [3.8, 4) is 44.8 Å². The summed E-state index contributed by atoms with van der Waals surface area (Å²) in [5, 5.41) is 3.68. The van der Waals surface area contributed by atoms with Crippen molar-refractivity contribution in [2.45, 2.75) is 6.92 Å². The van der Waals surface area contributed by atoms with E-state index in [1.807, 2.05) is 6.08 Å². The van der Waals surface area contributed by atoms with E-state index in [-0.39, 0.29) is 0 Å². The Balaban J connectivity index is 1.23. The molecule has 2 heteroatoms. The smallest absolute Gasteiger partial charge is 0.0548 e. The Morgan fingerprint density at radius 3 is 1.59 bits per heavy atom. The normalized spacial score (nSPS) is 11.6. The monoisotopic (exact) mass is 652 g/mol. The molecule has 0 bridgehead atoms. The van der Waals surface area contributed by atoms with E-state index in [4.69, 9.17) is 0 Å². The van der Waals surface area contributed by atoms with E-state index in [1.165, 1.54) is 60.6 Å². The molecule has 0 fully saturated rings. The largest absolute Gasteiger partial charge is 0.309 e. The van der Waals surface area contributed by atoms with E-state index in [9.17, 15) is 0 Å². The summed E-state index contributed by atoms with van der Waals surface area (Å²) in [6, 6.07) is 61.1. The highest BCUT2D eigenvalue weighted by Gasteiger charge is 2.22. The molecule has 0 N–H and O–H groups in total. The zero-order chi connectivity index (χ0) is 34.3. The number of para-hydroxylation sites is 1. The second-order valence-electron chi connectivity index (χ2n) is 13.0. The molecule has 0 aliphatic carbocycles. The van der Waals surface area contributed by atoms with E-state index in [0.717, 1.165) is 28.1 Å². The van der Waals surface area contributed by atoms with Crippen LogP contribution >= 0.6 is 0 Å². The first-order valence-corrected chi connectivity index (χ1v) is 17.5. The van der Waals surface area contributed by atoms with Crippen molar-refractivity contribution in [3.63, 3.8) is 0 Å². The molecule has 9 rings (SSSR count). The van der Waals surface area contributed by atoms with Crippen molar-refractivity contribution >= 4 is 44.9 Å². The van der Waals surface area contributed by atoms with Crippen LogP contribution in [0.5, 0.6) is 0 Å². The zero-order valence-electron chi connectivity index (χ0n) is 28.5. The average Bonchev–Trinajstić information content (AvgIpc) is 3.71. The maximum absolute atomic E-state index is 4.37. The second kappa shape index (κ2) is 12.7. The van der Waals surface area contributed by atoms with Crippen molar-refractivity contribution < 1.29 is 0 Å². The van der Waals surface area contributed by atoms with Crippen LogP contribution in [0.25, 0.3) is 89.6 Å². The molecule has 0 amide bonds. The summed E-state index contributed by atoms with van der Waals surface area (Å²) < 4.78 is 4.80. The average molecular weight is 653 g/mol. The molecule has 0 spiro atoms. The number of benzene rings is 7. The van der Waals surface area contributed by atoms with Crippen molar-refractivity contribution in [2.24, 2.45) is 0 Å². The van der Waals surface area contributed by atoms with E-state index in [0.29, 0.717) is 0 Å². The number of rotatable bonds is 7. The fourth-order valence-corrected chi connectivity index (χ4v) is 7.72. The summed E-state index contributed by atoms with van der Waals surface area (Å²) in [5.41, 5.74) is 15.3. The molecule has 0 saturated heterocycles. The third kappa shape index (κ3) is 5.12. The van der Waals surface area contributed by atoms with Gasteiger partial charge < -0.3 is 9.13 Å². The maximum atomic E-state index is 4.37. The Morgan fingerprint density at radius 1 is 0.431 bits per heavy atom. The SMILES string of the molecule is C=Cc1c(/C=C\C)n(-c2cccc(-c3ccc(-c4ccccc4)cc3)c2)c2ccc3c(c4ccccc4n3-c3ccc(-c4ccccc4)cc3)c12. The van der Waals surface area contributed by atoms with Crippen molar-refractivity contribution in [1.29, 1.82) is 0 Å². The molecule has 0 aliphatic rings. The first kappa shape index (κ1) is 30.4. The van der Waals surface area contributed by atoms with Crippen LogP contribution in [0.1, 0.15) is 18.2 Å². The molecule has 2 nitrogen and oxygen atoms in total. The predicted molar refractivity (Wildman–Crippen MR) is 219 cm³/mol. The fraction of sp³-hybridized carbons (Fsp3) is 0.0204. The minimum Gasteiger partial charge on any atom is -0.309 e.